The summed E-state index contributed by atoms with van der Waals surface area (Å²) >= 11 is 0. The summed E-state index contributed by atoms with van der Waals surface area (Å²) in [5, 5.41) is 0. The summed E-state index contributed by atoms with van der Waals surface area (Å²) in [6, 6.07) is 7.98. The van der Waals surface area contributed by atoms with E-state index in [9.17, 15) is 9.18 Å². The van der Waals surface area contributed by atoms with Gasteiger partial charge in [0.25, 0.3) is 0 Å². The van der Waals surface area contributed by atoms with Gasteiger partial charge < -0.3 is 4.57 Å². The maximum absolute atomic E-state index is 13.0. The summed E-state index contributed by atoms with van der Waals surface area (Å²) < 4.78 is 15.0. The summed E-state index contributed by atoms with van der Waals surface area (Å²) in [5.74, 6) is 5.74. The SMILES string of the molecule is CC1(C)Cn2cc(C#Cc3cccc(F)c3)cc2C1=O. The summed E-state index contributed by atoms with van der Waals surface area (Å²) in [5.41, 5.74) is 1.79. The molecule has 1 aromatic carbocycles. The number of ketones is 1. The van der Waals surface area contributed by atoms with Crippen molar-refractivity contribution in [2.75, 3.05) is 0 Å². The van der Waals surface area contributed by atoms with E-state index in [0.29, 0.717) is 17.8 Å². The second-order valence-corrected chi connectivity index (χ2v) is 5.72. The molecule has 0 atom stereocenters. The lowest BCUT2D eigenvalue weighted by atomic mass is 9.89. The molecule has 0 saturated carbocycles. The maximum Gasteiger partial charge on any atom is 0.186 e. The van der Waals surface area contributed by atoms with Crippen LogP contribution in [0, 0.1) is 23.1 Å². The van der Waals surface area contributed by atoms with Crippen LogP contribution in [0.5, 0.6) is 0 Å². The Morgan fingerprint density at radius 2 is 1.95 bits per heavy atom. The molecular formula is C17H14FNO. The summed E-state index contributed by atoms with van der Waals surface area (Å²) in [6.07, 6.45) is 1.88. The van der Waals surface area contributed by atoms with Crippen molar-refractivity contribution in [3.8, 4) is 11.8 Å². The first-order valence-electron chi connectivity index (χ1n) is 6.48. The third-order valence-electron chi connectivity index (χ3n) is 3.49. The molecule has 2 nitrogen and oxygen atoms in total. The van der Waals surface area contributed by atoms with Crippen molar-refractivity contribution in [3.05, 3.63) is 59.2 Å². The highest BCUT2D eigenvalue weighted by molar-refractivity contribution is 6.01. The van der Waals surface area contributed by atoms with Crippen molar-refractivity contribution >= 4 is 5.78 Å². The van der Waals surface area contributed by atoms with Crippen LogP contribution in [-0.2, 0) is 6.54 Å². The minimum Gasteiger partial charge on any atom is -0.343 e. The molecule has 3 heteroatoms. The van der Waals surface area contributed by atoms with Crippen LogP contribution < -0.4 is 0 Å². The van der Waals surface area contributed by atoms with E-state index in [1.807, 2.05) is 30.7 Å². The molecule has 0 radical (unpaired) electrons. The van der Waals surface area contributed by atoms with Gasteiger partial charge in [-0.3, -0.25) is 4.79 Å². The standard InChI is InChI=1S/C17H14FNO/c1-17(2)11-19-10-13(9-15(19)16(17)20)7-6-12-4-3-5-14(18)8-12/h3-5,8-10H,11H2,1-2H3. The smallest absolute Gasteiger partial charge is 0.186 e. The minimum atomic E-state index is -0.330. The normalized spacial score (nSPS) is 15.7. The van der Waals surface area contributed by atoms with E-state index in [0.717, 1.165) is 5.56 Å². The van der Waals surface area contributed by atoms with E-state index >= 15 is 0 Å². The molecule has 0 aliphatic carbocycles. The van der Waals surface area contributed by atoms with Gasteiger partial charge in [-0.1, -0.05) is 31.8 Å². The number of aromatic nitrogens is 1. The molecule has 1 aliphatic rings. The van der Waals surface area contributed by atoms with Crippen LogP contribution >= 0.6 is 0 Å². The number of hydrogen-bond donors (Lipinski definition) is 0. The molecule has 100 valence electrons. The number of benzene rings is 1. The van der Waals surface area contributed by atoms with E-state index in [1.54, 1.807) is 12.1 Å². The van der Waals surface area contributed by atoms with Gasteiger partial charge in [0.1, 0.15) is 5.82 Å². The molecular weight excluding hydrogens is 253 g/mol. The Labute approximate surface area is 117 Å². The maximum atomic E-state index is 13.0. The van der Waals surface area contributed by atoms with Crippen molar-refractivity contribution in [3.63, 3.8) is 0 Å². The number of carbonyl (C=O) groups excluding carboxylic acids is 1. The van der Waals surface area contributed by atoms with Gasteiger partial charge in [0.2, 0.25) is 0 Å². The van der Waals surface area contributed by atoms with E-state index in [4.69, 9.17) is 0 Å². The van der Waals surface area contributed by atoms with Crippen molar-refractivity contribution in [2.45, 2.75) is 20.4 Å². The van der Waals surface area contributed by atoms with Crippen molar-refractivity contribution < 1.29 is 9.18 Å². The topological polar surface area (TPSA) is 22.0 Å². The zero-order chi connectivity index (χ0) is 14.3. The number of Topliss-reactive ketones (excluding diaryl/α,β-unsaturated/α-hetero) is 1. The molecule has 2 heterocycles. The summed E-state index contributed by atoms with van der Waals surface area (Å²) in [6.45, 7) is 4.57. The number of rotatable bonds is 0. The van der Waals surface area contributed by atoms with E-state index in [2.05, 4.69) is 11.8 Å². The molecule has 0 unspecified atom stereocenters. The Balaban J connectivity index is 1.90. The fourth-order valence-electron chi connectivity index (χ4n) is 2.45. The summed E-state index contributed by atoms with van der Waals surface area (Å²) in [7, 11) is 0. The van der Waals surface area contributed by atoms with Crippen molar-refractivity contribution in [1.29, 1.82) is 0 Å². The Kier molecular flexibility index (Phi) is 2.76. The number of halogens is 1. The molecule has 3 rings (SSSR count). The predicted octanol–water partition coefficient (Wildman–Crippen LogP) is 3.25. The summed E-state index contributed by atoms with van der Waals surface area (Å²) in [4.78, 5) is 12.1. The van der Waals surface area contributed by atoms with Gasteiger partial charge in [0.05, 0.1) is 5.69 Å². The van der Waals surface area contributed by atoms with Crippen LogP contribution in [0.25, 0.3) is 0 Å². The van der Waals surface area contributed by atoms with Crippen LogP contribution in [0.3, 0.4) is 0 Å². The van der Waals surface area contributed by atoms with Gasteiger partial charge >= 0.3 is 0 Å². The largest absolute Gasteiger partial charge is 0.343 e. The quantitative estimate of drug-likeness (QED) is 0.672. The second-order valence-electron chi connectivity index (χ2n) is 5.72. The van der Waals surface area contributed by atoms with Crippen LogP contribution in [0.15, 0.2) is 36.5 Å². The minimum absolute atomic E-state index is 0.149. The highest BCUT2D eigenvalue weighted by atomic mass is 19.1. The van der Waals surface area contributed by atoms with Crippen LogP contribution in [0.4, 0.5) is 4.39 Å². The van der Waals surface area contributed by atoms with Crippen molar-refractivity contribution in [2.24, 2.45) is 5.41 Å². The highest BCUT2D eigenvalue weighted by Gasteiger charge is 2.37. The molecule has 0 amide bonds. The molecule has 0 saturated heterocycles. The number of nitrogens with zero attached hydrogens (tertiary/aromatic N) is 1. The Morgan fingerprint density at radius 1 is 1.20 bits per heavy atom. The van der Waals surface area contributed by atoms with E-state index in [-0.39, 0.29) is 17.0 Å². The monoisotopic (exact) mass is 267 g/mol. The first-order valence-corrected chi connectivity index (χ1v) is 6.48. The number of hydrogen-bond acceptors (Lipinski definition) is 1. The molecule has 0 spiro atoms. The average Bonchev–Trinajstić information content (AvgIpc) is 2.85. The number of fused-ring (bicyclic) bond motifs is 1. The van der Waals surface area contributed by atoms with Crippen LogP contribution in [0.1, 0.15) is 35.5 Å². The highest BCUT2D eigenvalue weighted by Crippen LogP contribution is 2.32. The van der Waals surface area contributed by atoms with Gasteiger partial charge in [-0.25, -0.2) is 4.39 Å². The third kappa shape index (κ3) is 2.14. The number of carbonyl (C=O) groups is 1. The molecule has 2 aromatic rings. The van der Waals surface area contributed by atoms with Gasteiger partial charge in [-0.15, -0.1) is 0 Å². The van der Waals surface area contributed by atoms with Gasteiger partial charge in [0, 0.05) is 29.3 Å². The Morgan fingerprint density at radius 3 is 2.65 bits per heavy atom. The van der Waals surface area contributed by atoms with Crippen LogP contribution in [-0.4, -0.2) is 10.4 Å². The van der Waals surface area contributed by atoms with E-state index < -0.39 is 0 Å². The Hall–Kier alpha value is -2.34. The van der Waals surface area contributed by atoms with E-state index in [1.165, 1.54) is 12.1 Å². The lowest BCUT2D eigenvalue weighted by Crippen LogP contribution is -2.19. The van der Waals surface area contributed by atoms with Gasteiger partial charge in [0.15, 0.2) is 5.78 Å². The lowest BCUT2D eigenvalue weighted by Gasteiger charge is -2.12. The van der Waals surface area contributed by atoms with Gasteiger partial charge in [-0.2, -0.15) is 0 Å². The zero-order valence-corrected chi connectivity index (χ0v) is 11.4. The first-order chi connectivity index (χ1) is 9.45. The molecule has 0 fully saturated rings. The fourth-order valence-corrected chi connectivity index (χ4v) is 2.45. The molecule has 1 aliphatic heterocycles. The molecule has 20 heavy (non-hydrogen) atoms. The van der Waals surface area contributed by atoms with Crippen molar-refractivity contribution in [1.82, 2.24) is 4.57 Å². The first kappa shape index (κ1) is 12.7. The lowest BCUT2D eigenvalue weighted by molar-refractivity contribution is 0.0860. The average molecular weight is 267 g/mol. The van der Waals surface area contributed by atoms with Gasteiger partial charge in [-0.05, 0) is 24.3 Å². The fraction of sp³-hybridized carbons (Fsp3) is 0.235. The molecule has 0 N–H and O–H groups in total. The predicted molar refractivity (Wildman–Crippen MR) is 74.9 cm³/mol. The second kappa shape index (κ2) is 4.35. The van der Waals surface area contributed by atoms with Crippen LogP contribution in [0.2, 0.25) is 0 Å². The Bertz CT molecular complexity index is 759. The molecule has 1 aromatic heterocycles. The zero-order valence-electron chi connectivity index (χ0n) is 11.4. The third-order valence-corrected chi connectivity index (χ3v) is 3.49. The molecule has 0 bridgehead atoms.